The lowest BCUT2D eigenvalue weighted by molar-refractivity contribution is 0.0643. The van der Waals surface area contributed by atoms with Gasteiger partial charge in [0.1, 0.15) is 5.38 Å². The summed E-state index contributed by atoms with van der Waals surface area (Å²) in [5.74, 6) is 0. The molecule has 0 saturated carbocycles. The Labute approximate surface area is 85.2 Å². The van der Waals surface area contributed by atoms with Gasteiger partial charge >= 0.3 is 0 Å². The number of likely N-dealkylation sites (N-methyl/N-ethyl adjacent to an activating group) is 1. The molecule has 0 aromatic rings. The van der Waals surface area contributed by atoms with E-state index >= 15 is 0 Å². The van der Waals surface area contributed by atoms with Crippen LogP contribution in [0.4, 0.5) is 0 Å². The maximum Gasteiger partial charge on any atom is 0.133 e. The lowest BCUT2D eigenvalue weighted by Crippen LogP contribution is -2.29. The summed E-state index contributed by atoms with van der Waals surface area (Å²) < 4.78 is 5.36. The van der Waals surface area contributed by atoms with Gasteiger partial charge in [-0.15, -0.1) is 11.6 Å². The Kier molecular flexibility index (Phi) is 6.97. The number of alkyl halides is 1. The number of halogens is 1. The highest BCUT2D eigenvalue weighted by Gasteiger charge is 2.06. The van der Waals surface area contributed by atoms with Crippen molar-refractivity contribution in [2.45, 2.75) is 25.3 Å². The molecule has 0 fully saturated rings. The maximum absolute atomic E-state index is 8.46. The van der Waals surface area contributed by atoms with Crippen molar-refractivity contribution in [2.24, 2.45) is 0 Å². The van der Waals surface area contributed by atoms with Crippen LogP contribution in [0.1, 0.15) is 13.8 Å². The standard InChI is InChI=1S/C9H17ClN2O/c1-8(2)13-5-4-12(3)7-9(10)6-11/h8-9H,4-5,7H2,1-3H3. The summed E-state index contributed by atoms with van der Waals surface area (Å²) in [4.78, 5) is 1.99. The molecule has 0 bridgehead atoms. The largest absolute Gasteiger partial charge is 0.377 e. The number of hydrogen-bond donors (Lipinski definition) is 0. The van der Waals surface area contributed by atoms with Crippen LogP contribution in [0.5, 0.6) is 0 Å². The zero-order valence-electron chi connectivity index (χ0n) is 8.46. The van der Waals surface area contributed by atoms with Gasteiger partial charge in [-0.05, 0) is 20.9 Å². The van der Waals surface area contributed by atoms with Gasteiger partial charge in [-0.3, -0.25) is 0 Å². The average Bonchev–Trinajstić information content (AvgIpc) is 2.03. The Hall–Kier alpha value is -0.300. The van der Waals surface area contributed by atoms with Gasteiger partial charge in [0.15, 0.2) is 0 Å². The van der Waals surface area contributed by atoms with Gasteiger partial charge in [-0.25, -0.2) is 0 Å². The fourth-order valence-corrected chi connectivity index (χ4v) is 1.09. The van der Waals surface area contributed by atoms with Crippen molar-refractivity contribution in [1.82, 2.24) is 4.90 Å². The molecule has 1 unspecified atom stereocenters. The molecule has 0 aromatic heterocycles. The third-order valence-electron chi connectivity index (χ3n) is 1.54. The Balaban J connectivity index is 3.41. The molecule has 0 aromatic carbocycles. The van der Waals surface area contributed by atoms with Crippen molar-refractivity contribution in [1.29, 1.82) is 5.26 Å². The Bertz CT molecular complexity index is 167. The van der Waals surface area contributed by atoms with Crippen LogP contribution in [0.15, 0.2) is 0 Å². The van der Waals surface area contributed by atoms with Crippen LogP contribution in [0.3, 0.4) is 0 Å². The number of nitriles is 1. The highest BCUT2D eigenvalue weighted by molar-refractivity contribution is 6.22. The summed E-state index contributed by atoms with van der Waals surface area (Å²) in [6.45, 7) is 6.07. The first-order valence-electron chi connectivity index (χ1n) is 4.40. The van der Waals surface area contributed by atoms with Crippen LogP contribution in [0.2, 0.25) is 0 Å². The van der Waals surface area contributed by atoms with Crippen molar-refractivity contribution in [3.63, 3.8) is 0 Å². The molecule has 13 heavy (non-hydrogen) atoms. The van der Waals surface area contributed by atoms with Gasteiger partial charge in [0.2, 0.25) is 0 Å². The zero-order valence-corrected chi connectivity index (χ0v) is 9.21. The van der Waals surface area contributed by atoms with Crippen molar-refractivity contribution in [3.8, 4) is 6.07 Å². The third kappa shape index (κ3) is 8.04. The number of nitrogens with zero attached hydrogens (tertiary/aromatic N) is 2. The van der Waals surface area contributed by atoms with Crippen LogP contribution in [-0.2, 0) is 4.74 Å². The molecule has 1 atom stereocenters. The van der Waals surface area contributed by atoms with E-state index < -0.39 is 5.38 Å². The number of ether oxygens (including phenoxy) is 1. The predicted molar refractivity (Wildman–Crippen MR) is 53.8 cm³/mol. The average molecular weight is 205 g/mol. The molecule has 0 aliphatic carbocycles. The lowest BCUT2D eigenvalue weighted by Gasteiger charge is -2.17. The van der Waals surface area contributed by atoms with E-state index in [2.05, 4.69) is 0 Å². The first-order chi connectivity index (χ1) is 6.06. The van der Waals surface area contributed by atoms with Crippen molar-refractivity contribution < 1.29 is 4.74 Å². The second kappa shape index (κ2) is 7.14. The summed E-state index contributed by atoms with van der Waals surface area (Å²) in [7, 11) is 1.93. The molecule has 76 valence electrons. The second-order valence-electron chi connectivity index (χ2n) is 3.28. The molecule has 0 heterocycles. The summed E-state index contributed by atoms with van der Waals surface area (Å²) in [5, 5.41) is 8.03. The van der Waals surface area contributed by atoms with Gasteiger partial charge < -0.3 is 9.64 Å². The Morgan fingerprint density at radius 3 is 2.62 bits per heavy atom. The highest BCUT2D eigenvalue weighted by atomic mass is 35.5. The van der Waals surface area contributed by atoms with Crippen molar-refractivity contribution in [3.05, 3.63) is 0 Å². The van der Waals surface area contributed by atoms with E-state index in [9.17, 15) is 0 Å². The van der Waals surface area contributed by atoms with E-state index in [4.69, 9.17) is 21.6 Å². The lowest BCUT2D eigenvalue weighted by atomic mass is 10.4. The zero-order chi connectivity index (χ0) is 10.3. The second-order valence-corrected chi connectivity index (χ2v) is 3.81. The molecule has 4 heteroatoms. The van der Waals surface area contributed by atoms with Crippen LogP contribution in [0.25, 0.3) is 0 Å². The molecule has 0 rings (SSSR count). The van der Waals surface area contributed by atoms with E-state index in [0.717, 1.165) is 6.54 Å². The first-order valence-corrected chi connectivity index (χ1v) is 4.83. The summed E-state index contributed by atoms with van der Waals surface area (Å²) in [6, 6.07) is 1.98. The van der Waals surface area contributed by atoms with Gasteiger partial charge in [0.05, 0.1) is 18.8 Å². The van der Waals surface area contributed by atoms with Crippen molar-refractivity contribution in [2.75, 3.05) is 26.7 Å². The third-order valence-corrected chi connectivity index (χ3v) is 1.77. The van der Waals surface area contributed by atoms with Crippen LogP contribution >= 0.6 is 11.6 Å². The molecule has 0 aliphatic rings. The fraction of sp³-hybridized carbons (Fsp3) is 0.889. The Morgan fingerprint density at radius 2 is 2.15 bits per heavy atom. The molecule has 0 aliphatic heterocycles. The predicted octanol–water partition coefficient (Wildman–Crippen LogP) is 1.47. The maximum atomic E-state index is 8.46. The van der Waals surface area contributed by atoms with E-state index in [0.29, 0.717) is 13.2 Å². The summed E-state index contributed by atoms with van der Waals surface area (Å²) >= 11 is 5.66. The van der Waals surface area contributed by atoms with Gasteiger partial charge in [0, 0.05) is 13.1 Å². The van der Waals surface area contributed by atoms with Crippen LogP contribution in [0, 0.1) is 11.3 Å². The molecule has 0 spiro atoms. The minimum Gasteiger partial charge on any atom is -0.377 e. The quantitative estimate of drug-likeness (QED) is 0.615. The van der Waals surface area contributed by atoms with Crippen LogP contribution in [-0.4, -0.2) is 43.1 Å². The minimum absolute atomic E-state index is 0.260. The fourth-order valence-electron chi connectivity index (χ4n) is 0.850. The van der Waals surface area contributed by atoms with Crippen LogP contribution < -0.4 is 0 Å². The minimum atomic E-state index is -0.427. The Morgan fingerprint density at radius 1 is 1.54 bits per heavy atom. The van der Waals surface area contributed by atoms with Gasteiger partial charge in [0.25, 0.3) is 0 Å². The first kappa shape index (κ1) is 12.7. The molecule has 0 amide bonds. The number of rotatable bonds is 6. The SMILES string of the molecule is CC(C)OCCN(C)CC(Cl)C#N. The number of hydrogen-bond acceptors (Lipinski definition) is 3. The van der Waals surface area contributed by atoms with E-state index in [-0.39, 0.29) is 6.10 Å². The molecular formula is C9H17ClN2O. The monoisotopic (exact) mass is 204 g/mol. The molecule has 0 saturated heterocycles. The van der Waals surface area contributed by atoms with Gasteiger partial charge in [-0.2, -0.15) is 5.26 Å². The van der Waals surface area contributed by atoms with E-state index in [1.165, 1.54) is 0 Å². The van der Waals surface area contributed by atoms with Gasteiger partial charge in [-0.1, -0.05) is 0 Å². The smallest absolute Gasteiger partial charge is 0.133 e. The van der Waals surface area contributed by atoms with E-state index in [1.54, 1.807) is 0 Å². The molecule has 0 N–H and O–H groups in total. The normalized spacial score (nSPS) is 13.3. The summed E-state index contributed by atoms with van der Waals surface area (Å²) in [6.07, 6.45) is 0.260. The van der Waals surface area contributed by atoms with E-state index in [1.807, 2.05) is 31.9 Å². The molecular weight excluding hydrogens is 188 g/mol. The summed E-state index contributed by atoms with van der Waals surface area (Å²) in [5.41, 5.74) is 0. The molecule has 0 radical (unpaired) electrons. The van der Waals surface area contributed by atoms with Crippen molar-refractivity contribution >= 4 is 11.6 Å². The highest BCUT2D eigenvalue weighted by Crippen LogP contribution is 1.96. The molecule has 3 nitrogen and oxygen atoms in total. The topological polar surface area (TPSA) is 36.3 Å².